The molecule has 0 radical (unpaired) electrons. The zero-order valence-corrected chi connectivity index (χ0v) is 19.0. The average molecular weight is 433 g/mol. The summed E-state index contributed by atoms with van der Waals surface area (Å²) in [6, 6.07) is 13.4. The lowest BCUT2D eigenvalue weighted by atomic mass is 9.48. The van der Waals surface area contributed by atoms with E-state index < -0.39 is 6.48 Å². The summed E-state index contributed by atoms with van der Waals surface area (Å²) in [7, 11) is 1.61. The molecule has 4 nitrogen and oxygen atoms in total. The van der Waals surface area contributed by atoms with Crippen molar-refractivity contribution in [3.8, 4) is 23.3 Å². The molecule has 0 spiro atoms. The van der Waals surface area contributed by atoms with Gasteiger partial charge in [0.15, 0.2) is 0 Å². The van der Waals surface area contributed by atoms with E-state index in [1.54, 1.807) is 13.2 Å². The molecular formula is C28H32O4. The number of benzene rings is 2. The van der Waals surface area contributed by atoms with E-state index in [4.69, 9.17) is 14.2 Å². The molecule has 4 fully saturated rings. The van der Waals surface area contributed by atoms with Gasteiger partial charge in [0, 0.05) is 18.2 Å². The van der Waals surface area contributed by atoms with Crippen molar-refractivity contribution in [2.75, 3.05) is 13.7 Å². The molecule has 1 N–H and O–H groups in total. The van der Waals surface area contributed by atoms with Gasteiger partial charge in [-0.1, -0.05) is 24.0 Å². The third kappa shape index (κ3) is 4.12. The first-order valence-corrected chi connectivity index (χ1v) is 11.8. The first kappa shape index (κ1) is 21.4. The molecule has 0 aromatic heterocycles. The third-order valence-electron chi connectivity index (χ3n) is 7.55. The lowest BCUT2D eigenvalue weighted by molar-refractivity contribution is -0.231. The zero-order valence-electron chi connectivity index (χ0n) is 19.0. The van der Waals surface area contributed by atoms with Crippen LogP contribution in [-0.2, 0) is 14.9 Å². The van der Waals surface area contributed by atoms with Crippen molar-refractivity contribution in [2.24, 2.45) is 17.8 Å². The van der Waals surface area contributed by atoms with Crippen LogP contribution in [0.3, 0.4) is 0 Å². The van der Waals surface area contributed by atoms with Gasteiger partial charge in [0.25, 0.3) is 0 Å². The summed E-state index contributed by atoms with van der Waals surface area (Å²) in [5.41, 5.74) is 2.99. The molecule has 4 aliphatic rings. The number of ether oxygens (including phenoxy) is 3. The Labute approximate surface area is 190 Å². The van der Waals surface area contributed by atoms with Crippen molar-refractivity contribution in [3.05, 3.63) is 59.2 Å². The largest absolute Gasteiger partial charge is 0.507 e. The molecule has 4 saturated carbocycles. The van der Waals surface area contributed by atoms with Crippen LogP contribution in [-0.4, -0.2) is 25.3 Å². The van der Waals surface area contributed by atoms with E-state index in [-0.39, 0.29) is 11.2 Å². The number of phenols is 1. The van der Waals surface area contributed by atoms with Crippen LogP contribution in [0, 0.1) is 29.6 Å². The van der Waals surface area contributed by atoms with Crippen LogP contribution in [0.25, 0.3) is 0 Å². The summed E-state index contributed by atoms with van der Waals surface area (Å²) in [6.07, 6.45) is 7.87. The second kappa shape index (κ2) is 8.81. The fourth-order valence-corrected chi connectivity index (χ4v) is 6.67. The second-order valence-electron chi connectivity index (χ2n) is 9.77. The van der Waals surface area contributed by atoms with E-state index in [2.05, 4.69) is 17.9 Å². The Kier molecular flexibility index (Phi) is 5.88. The number of rotatable bonds is 6. The van der Waals surface area contributed by atoms with Gasteiger partial charge in [-0.25, -0.2) is 0 Å². The Balaban J connectivity index is 1.53. The number of methoxy groups -OCH3 is 1. The van der Waals surface area contributed by atoms with Gasteiger partial charge in [-0.3, -0.25) is 0 Å². The smallest absolute Gasteiger partial charge is 0.315 e. The zero-order chi connectivity index (χ0) is 22.1. The lowest BCUT2D eigenvalue weighted by Crippen LogP contribution is -2.48. The highest BCUT2D eigenvalue weighted by Crippen LogP contribution is 2.62. The highest BCUT2D eigenvalue weighted by atomic mass is 16.8. The molecular weight excluding hydrogens is 400 g/mol. The highest BCUT2D eigenvalue weighted by molar-refractivity contribution is 5.53. The van der Waals surface area contributed by atoms with Crippen molar-refractivity contribution in [2.45, 2.75) is 57.3 Å². The summed E-state index contributed by atoms with van der Waals surface area (Å²) in [5.74, 6) is 9.94. The molecule has 0 saturated heterocycles. The van der Waals surface area contributed by atoms with Crippen LogP contribution >= 0.6 is 0 Å². The fourth-order valence-electron chi connectivity index (χ4n) is 6.67. The summed E-state index contributed by atoms with van der Waals surface area (Å²) < 4.78 is 17.3. The van der Waals surface area contributed by atoms with Crippen molar-refractivity contribution in [1.82, 2.24) is 0 Å². The lowest BCUT2D eigenvalue weighted by Gasteiger charge is -2.57. The first-order chi connectivity index (χ1) is 15.6. The van der Waals surface area contributed by atoms with Gasteiger partial charge in [-0.05, 0) is 98.9 Å². The summed E-state index contributed by atoms with van der Waals surface area (Å²) in [4.78, 5) is 0. The Bertz CT molecular complexity index is 996. The molecule has 32 heavy (non-hydrogen) atoms. The summed E-state index contributed by atoms with van der Waals surface area (Å²) in [6.45, 7) is 1.74. The Morgan fingerprint density at radius 1 is 1.00 bits per heavy atom. The maximum Gasteiger partial charge on any atom is 0.315 e. The molecule has 2 aromatic carbocycles. The van der Waals surface area contributed by atoms with Gasteiger partial charge in [0.2, 0.25) is 0 Å². The van der Waals surface area contributed by atoms with Gasteiger partial charge in [0.05, 0.1) is 12.2 Å². The predicted molar refractivity (Wildman–Crippen MR) is 123 cm³/mol. The van der Waals surface area contributed by atoms with Crippen LogP contribution in [0.4, 0.5) is 0 Å². The Morgan fingerprint density at radius 2 is 1.69 bits per heavy atom. The minimum absolute atomic E-state index is 0.154. The summed E-state index contributed by atoms with van der Waals surface area (Å²) in [5, 5.41) is 10.1. The monoisotopic (exact) mass is 432 g/mol. The van der Waals surface area contributed by atoms with E-state index >= 15 is 0 Å². The quantitative estimate of drug-likeness (QED) is 0.476. The van der Waals surface area contributed by atoms with Gasteiger partial charge in [-0.2, -0.15) is 0 Å². The standard InChI is InChI=1S/C28H32O4/c1-3-31-27(30-2)32-26-11-9-19(8-10-23-6-4-5-7-25(23)29)15-24(26)28-16-20-12-21(17-28)14-22(13-20)18-28/h4-7,9,11,15,20-22,27,29H,3,12-14,16-18H2,1-2H3. The molecule has 2 aromatic rings. The molecule has 0 aliphatic heterocycles. The van der Waals surface area contributed by atoms with E-state index in [1.807, 2.05) is 37.3 Å². The van der Waals surface area contributed by atoms with E-state index in [0.717, 1.165) is 29.1 Å². The van der Waals surface area contributed by atoms with E-state index in [1.165, 1.54) is 44.1 Å². The number of phenolic OH excluding ortho intramolecular Hbond substituents is 1. The molecule has 4 bridgehead atoms. The summed E-state index contributed by atoms with van der Waals surface area (Å²) >= 11 is 0. The van der Waals surface area contributed by atoms with Gasteiger partial charge >= 0.3 is 6.48 Å². The highest BCUT2D eigenvalue weighted by Gasteiger charge is 2.52. The number of para-hydroxylation sites is 1. The first-order valence-electron chi connectivity index (χ1n) is 11.8. The van der Waals surface area contributed by atoms with Gasteiger partial charge < -0.3 is 19.3 Å². The van der Waals surface area contributed by atoms with Crippen LogP contribution in [0.1, 0.15) is 62.1 Å². The molecule has 4 aliphatic carbocycles. The fraction of sp³-hybridized carbons (Fsp3) is 0.500. The van der Waals surface area contributed by atoms with Crippen molar-refractivity contribution < 1.29 is 19.3 Å². The predicted octanol–water partition coefficient (Wildman–Crippen LogP) is 5.61. The molecule has 1 atom stereocenters. The van der Waals surface area contributed by atoms with Crippen LogP contribution in [0.5, 0.6) is 11.5 Å². The second-order valence-corrected chi connectivity index (χ2v) is 9.77. The topological polar surface area (TPSA) is 47.9 Å². The molecule has 0 heterocycles. The van der Waals surface area contributed by atoms with Crippen molar-refractivity contribution in [3.63, 3.8) is 0 Å². The van der Waals surface area contributed by atoms with Crippen LogP contribution in [0.2, 0.25) is 0 Å². The van der Waals surface area contributed by atoms with Gasteiger partial charge in [-0.15, -0.1) is 0 Å². The third-order valence-corrected chi connectivity index (χ3v) is 7.55. The van der Waals surface area contributed by atoms with Crippen molar-refractivity contribution in [1.29, 1.82) is 0 Å². The van der Waals surface area contributed by atoms with Crippen LogP contribution < -0.4 is 4.74 Å². The number of hydrogen-bond donors (Lipinski definition) is 1. The minimum atomic E-state index is -0.717. The maximum atomic E-state index is 10.1. The number of hydrogen-bond acceptors (Lipinski definition) is 4. The molecule has 4 heteroatoms. The molecule has 6 rings (SSSR count). The van der Waals surface area contributed by atoms with Crippen molar-refractivity contribution >= 4 is 0 Å². The van der Waals surface area contributed by atoms with E-state index in [0.29, 0.717) is 12.2 Å². The SMILES string of the molecule is CCOC(OC)Oc1ccc(C#Cc2ccccc2O)cc1C12CC3CC(CC(C3)C1)C2. The van der Waals surface area contributed by atoms with E-state index in [9.17, 15) is 5.11 Å². The maximum absolute atomic E-state index is 10.1. The Hall–Kier alpha value is -2.48. The number of aromatic hydroxyl groups is 1. The normalized spacial score (nSPS) is 28.8. The molecule has 168 valence electrons. The molecule has 1 unspecified atom stereocenters. The Morgan fingerprint density at radius 3 is 2.31 bits per heavy atom. The van der Waals surface area contributed by atoms with Gasteiger partial charge in [0.1, 0.15) is 11.5 Å². The van der Waals surface area contributed by atoms with Crippen LogP contribution in [0.15, 0.2) is 42.5 Å². The molecule has 0 amide bonds. The average Bonchev–Trinajstić information content (AvgIpc) is 2.78. The minimum Gasteiger partial charge on any atom is -0.507 e.